The largest absolute Gasteiger partial charge is 0.345 e. The highest BCUT2D eigenvalue weighted by Gasteiger charge is 2.19. The van der Waals surface area contributed by atoms with E-state index in [0.29, 0.717) is 0 Å². The summed E-state index contributed by atoms with van der Waals surface area (Å²) in [6.07, 6.45) is 12.4. The Kier molecular flexibility index (Phi) is 2.70. The summed E-state index contributed by atoms with van der Waals surface area (Å²) in [6, 6.07) is 3.94. The van der Waals surface area contributed by atoms with E-state index in [2.05, 4.69) is 25.0 Å². The zero-order valence-corrected chi connectivity index (χ0v) is 12.6. The number of rotatable bonds is 3. The first-order valence-electron chi connectivity index (χ1n) is 8.00. The molecule has 114 valence electrons. The Morgan fingerprint density at radius 3 is 3.04 bits per heavy atom. The van der Waals surface area contributed by atoms with E-state index in [-0.39, 0.29) is 0 Å². The van der Waals surface area contributed by atoms with Crippen LogP contribution in [0.25, 0.3) is 27.9 Å². The molecule has 0 radical (unpaired) electrons. The first-order chi connectivity index (χ1) is 11.4. The van der Waals surface area contributed by atoms with Crippen molar-refractivity contribution in [2.45, 2.75) is 25.7 Å². The molecule has 0 amide bonds. The van der Waals surface area contributed by atoms with Crippen molar-refractivity contribution in [1.29, 1.82) is 0 Å². The van der Waals surface area contributed by atoms with E-state index in [9.17, 15) is 0 Å². The summed E-state index contributed by atoms with van der Waals surface area (Å²) >= 11 is 0. The lowest BCUT2D eigenvalue weighted by Gasteiger charge is -2.24. The molecule has 0 spiro atoms. The summed E-state index contributed by atoms with van der Waals surface area (Å²) < 4.78 is 1.78. The van der Waals surface area contributed by atoms with Crippen molar-refractivity contribution in [3.63, 3.8) is 0 Å². The molecule has 1 aliphatic rings. The van der Waals surface area contributed by atoms with Crippen molar-refractivity contribution in [3.8, 4) is 11.3 Å². The van der Waals surface area contributed by atoms with Crippen LogP contribution in [0.15, 0.2) is 36.9 Å². The Balaban J connectivity index is 1.55. The Labute approximate surface area is 132 Å². The number of fused-ring (bicyclic) bond motifs is 2. The molecule has 1 aliphatic carbocycles. The minimum atomic E-state index is 0.771. The monoisotopic (exact) mass is 304 g/mol. The molecule has 4 heterocycles. The van der Waals surface area contributed by atoms with Crippen LogP contribution in [-0.2, 0) is 6.42 Å². The van der Waals surface area contributed by atoms with Crippen molar-refractivity contribution < 1.29 is 0 Å². The van der Waals surface area contributed by atoms with Gasteiger partial charge >= 0.3 is 0 Å². The van der Waals surface area contributed by atoms with Gasteiger partial charge in [0, 0.05) is 42.2 Å². The number of aromatic amines is 1. The lowest BCUT2D eigenvalue weighted by atomic mass is 9.83. The smallest absolute Gasteiger partial charge is 0.153 e. The predicted octanol–water partition coefficient (Wildman–Crippen LogP) is 3.01. The topological polar surface area (TPSA) is 71.8 Å². The second-order valence-electron chi connectivity index (χ2n) is 6.20. The zero-order chi connectivity index (χ0) is 15.2. The van der Waals surface area contributed by atoms with Crippen molar-refractivity contribution in [2.75, 3.05) is 0 Å². The SMILES string of the molecule is c1cn2nc(-c3c[nH]c4nc(CC5CCC5)ncc34)ccc2n1. The number of hydrogen-bond acceptors (Lipinski definition) is 4. The fourth-order valence-corrected chi connectivity index (χ4v) is 3.17. The van der Waals surface area contributed by atoms with Crippen LogP contribution in [-0.4, -0.2) is 29.5 Å². The first-order valence-corrected chi connectivity index (χ1v) is 8.00. The van der Waals surface area contributed by atoms with Gasteiger partial charge in [-0.05, 0) is 18.1 Å². The van der Waals surface area contributed by atoms with E-state index in [4.69, 9.17) is 0 Å². The Bertz CT molecular complexity index is 995. The van der Waals surface area contributed by atoms with Crippen molar-refractivity contribution >= 4 is 16.7 Å². The van der Waals surface area contributed by atoms with Gasteiger partial charge in [-0.15, -0.1) is 0 Å². The van der Waals surface area contributed by atoms with Gasteiger partial charge in [0.05, 0.1) is 5.69 Å². The Morgan fingerprint density at radius 2 is 2.17 bits per heavy atom. The molecule has 0 unspecified atom stereocenters. The number of imidazole rings is 1. The fraction of sp³-hybridized carbons (Fsp3) is 0.294. The highest BCUT2D eigenvalue weighted by Crippen LogP contribution is 2.30. The van der Waals surface area contributed by atoms with Crippen LogP contribution in [0.2, 0.25) is 0 Å². The lowest BCUT2D eigenvalue weighted by molar-refractivity contribution is 0.309. The van der Waals surface area contributed by atoms with E-state index in [1.54, 1.807) is 10.7 Å². The van der Waals surface area contributed by atoms with Crippen LogP contribution in [0.1, 0.15) is 25.1 Å². The second kappa shape index (κ2) is 4.87. The minimum Gasteiger partial charge on any atom is -0.345 e. The standard InChI is InChI=1S/C17H16N6/c1-2-11(3-1)8-15-19-10-13-12(9-20-17(13)21-15)14-4-5-16-18-6-7-23(16)22-14/h4-7,9-11H,1-3,8H2,(H,19,20,21). The molecule has 0 aliphatic heterocycles. The molecular weight excluding hydrogens is 288 g/mol. The maximum Gasteiger partial charge on any atom is 0.153 e. The number of nitrogens with one attached hydrogen (secondary N) is 1. The second-order valence-corrected chi connectivity index (χ2v) is 6.20. The molecule has 0 aromatic carbocycles. The van der Waals surface area contributed by atoms with Gasteiger partial charge < -0.3 is 4.98 Å². The van der Waals surface area contributed by atoms with Gasteiger partial charge in [-0.3, -0.25) is 0 Å². The molecule has 0 atom stereocenters. The molecule has 5 rings (SSSR count). The molecule has 6 nitrogen and oxygen atoms in total. The molecule has 23 heavy (non-hydrogen) atoms. The molecule has 1 saturated carbocycles. The van der Waals surface area contributed by atoms with Gasteiger partial charge in [0.2, 0.25) is 0 Å². The number of nitrogens with zero attached hydrogens (tertiary/aromatic N) is 5. The maximum atomic E-state index is 4.68. The van der Waals surface area contributed by atoms with Crippen molar-refractivity contribution in [3.05, 3.63) is 42.7 Å². The predicted molar refractivity (Wildman–Crippen MR) is 86.9 cm³/mol. The zero-order valence-electron chi connectivity index (χ0n) is 12.6. The van der Waals surface area contributed by atoms with Crippen LogP contribution >= 0.6 is 0 Å². The third-order valence-electron chi connectivity index (χ3n) is 4.71. The molecule has 1 N–H and O–H groups in total. The average Bonchev–Trinajstić information content (AvgIpc) is 3.16. The van der Waals surface area contributed by atoms with E-state index in [1.807, 2.05) is 30.7 Å². The average molecular weight is 304 g/mol. The van der Waals surface area contributed by atoms with Crippen LogP contribution in [0.4, 0.5) is 0 Å². The third kappa shape index (κ3) is 2.10. The van der Waals surface area contributed by atoms with E-state index in [0.717, 1.165) is 46.1 Å². The third-order valence-corrected chi connectivity index (χ3v) is 4.71. The van der Waals surface area contributed by atoms with Crippen LogP contribution in [0.5, 0.6) is 0 Å². The molecule has 4 aromatic heterocycles. The highest BCUT2D eigenvalue weighted by molar-refractivity contribution is 5.91. The quantitative estimate of drug-likeness (QED) is 0.631. The van der Waals surface area contributed by atoms with Gasteiger partial charge in [-0.25, -0.2) is 19.5 Å². The summed E-state index contributed by atoms with van der Waals surface area (Å²) in [5.41, 5.74) is 3.63. The molecular formula is C17H16N6. The normalized spacial score (nSPS) is 15.3. The summed E-state index contributed by atoms with van der Waals surface area (Å²) in [5.74, 6) is 1.71. The van der Waals surface area contributed by atoms with Crippen LogP contribution in [0, 0.1) is 5.92 Å². The number of aromatic nitrogens is 6. The fourth-order valence-electron chi connectivity index (χ4n) is 3.17. The van der Waals surface area contributed by atoms with Gasteiger partial charge in [-0.2, -0.15) is 5.10 Å². The number of hydrogen-bond donors (Lipinski definition) is 1. The van der Waals surface area contributed by atoms with Crippen molar-refractivity contribution in [1.82, 2.24) is 29.5 Å². The highest BCUT2D eigenvalue weighted by atomic mass is 15.2. The van der Waals surface area contributed by atoms with Gasteiger partial charge in [-0.1, -0.05) is 19.3 Å². The first kappa shape index (κ1) is 12.8. The maximum absolute atomic E-state index is 4.68. The molecule has 6 heteroatoms. The summed E-state index contributed by atoms with van der Waals surface area (Å²) in [5, 5.41) is 5.61. The molecule has 4 aromatic rings. The Morgan fingerprint density at radius 1 is 1.22 bits per heavy atom. The van der Waals surface area contributed by atoms with E-state index >= 15 is 0 Å². The molecule has 0 saturated heterocycles. The van der Waals surface area contributed by atoms with Crippen molar-refractivity contribution in [2.24, 2.45) is 5.92 Å². The van der Waals surface area contributed by atoms with Crippen LogP contribution < -0.4 is 0 Å². The van der Waals surface area contributed by atoms with Gasteiger partial charge in [0.25, 0.3) is 0 Å². The molecule has 1 fully saturated rings. The van der Waals surface area contributed by atoms with E-state index < -0.39 is 0 Å². The van der Waals surface area contributed by atoms with Gasteiger partial charge in [0.1, 0.15) is 11.5 Å². The minimum absolute atomic E-state index is 0.771. The molecule has 0 bridgehead atoms. The Hall–Kier alpha value is -2.76. The van der Waals surface area contributed by atoms with Crippen LogP contribution in [0.3, 0.4) is 0 Å². The van der Waals surface area contributed by atoms with Gasteiger partial charge in [0.15, 0.2) is 5.65 Å². The summed E-state index contributed by atoms with van der Waals surface area (Å²) in [7, 11) is 0. The summed E-state index contributed by atoms with van der Waals surface area (Å²) in [4.78, 5) is 16.7. The number of H-pyrrole nitrogens is 1. The van der Waals surface area contributed by atoms with E-state index in [1.165, 1.54) is 19.3 Å². The summed E-state index contributed by atoms with van der Waals surface area (Å²) in [6.45, 7) is 0. The lowest BCUT2D eigenvalue weighted by Crippen LogP contribution is -2.15.